The number of hydrogen-bond acceptors (Lipinski definition) is 3. The highest BCUT2D eigenvalue weighted by Gasteiger charge is 2.27. The average Bonchev–Trinajstić information content (AvgIpc) is 2.48. The lowest BCUT2D eigenvalue weighted by atomic mass is 9.95. The van der Waals surface area contributed by atoms with Crippen LogP contribution in [0.2, 0.25) is 0 Å². The van der Waals surface area contributed by atoms with E-state index in [-0.39, 0.29) is 6.04 Å². The highest BCUT2D eigenvalue weighted by molar-refractivity contribution is 7.87. The predicted octanol–water partition coefficient (Wildman–Crippen LogP) is 1.47. The van der Waals surface area contributed by atoms with Crippen LogP contribution in [0.15, 0.2) is 0 Å². The monoisotopic (exact) mass is 303 g/mol. The maximum Gasteiger partial charge on any atom is 0.279 e. The molecular weight excluding hydrogens is 274 g/mol. The maximum atomic E-state index is 12.3. The molecule has 1 saturated carbocycles. The van der Waals surface area contributed by atoms with Gasteiger partial charge in [-0.1, -0.05) is 19.3 Å². The summed E-state index contributed by atoms with van der Waals surface area (Å²) < 4.78 is 28.9. The molecule has 0 bridgehead atoms. The molecule has 2 aliphatic rings. The quantitative estimate of drug-likeness (QED) is 0.781. The van der Waals surface area contributed by atoms with Gasteiger partial charge in [0.1, 0.15) is 0 Å². The lowest BCUT2D eigenvalue weighted by Gasteiger charge is -2.30. The van der Waals surface area contributed by atoms with Gasteiger partial charge in [-0.3, -0.25) is 0 Å². The SMILES string of the molecule is CN(C1CCCCC1)S(=O)(=O)NCCC1CCNCC1. The summed E-state index contributed by atoms with van der Waals surface area (Å²) in [6, 6.07) is 0.195. The highest BCUT2D eigenvalue weighted by atomic mass is 32.2. The Kier molecular flexibility index (Phi) is 6.26. The third kappa shape index (κ3) is 4.69. The summed E-state index contributed by atoms with van der Waals surface area (Å²) in [5, 5.41) is 3.34. The van der Waals surface area contributed by atoms with Crippen LogP contribution < -0.4 is 10.0 Å². The molecule has 5 nitrogen and oxygen atoms in total. The van der Waals surface area contributed by atoms with Gasteiger partial charge in [0.25, 0.3) is 10.2 Å². The van der Waals surface area contributed by atoms with Crippen LogP contribution in [0.5, 0.6) is 0 Å². The minimum absolute atomic E-state index is 0.195. The molecule has 0 aromatic heterocycles. The van der Waals surface area contributed by atoms with Gasteiger partial charge in [0.15, 0.2) is 0 Å². The summed E-state index contributed by atoms with van der Waals surface area (Å²) in [5.74, 6) is 0.666. The fourth-order valence-electron chi connectivity index (χ4n) is 3.31. The number of nitrogens with one attached hydrogen (secondary N) is 2. The van der Waals surface area contributed by atoms with E-state index in [0.717, 1.165) is 45.2 Å². The van der Waals surface area contributed by atoms with Crippen molar-refractivity contribution in [2.24, 2.45) is 5.92 Å². The maximum absolute atomic E-state index is 12.3. The van der Waals surface area contributed by atoms with Crippen molar-refractivity contribution in [1.82, 2.24) is 14.3 Å². The zero-order valence-corrected chi connectivity index (χ0v) is 13.4. The van der Waals surface area contributed by atoms with Gasteiger partial charge in [0.05, 0.1) is 0 Å². The Labute approximate surface area is 123 Å². The molecule has 20 heavy (non-hydrogen) atoms. The van der Waals surface area contributed by atoms with Crippen LogP contribution in [0.3, 0.4) is 0 Å². The molecule has 1 saturated heterocycles. The van der Waals surface area contributed by atoms with Gasteiger partial charge >= 0.3 is 0 Å². The van der Waals surface area contributed by atoms with E-state index in [1.165, 1.54) is 19.3 Å². The van der Waals surface area contributed by atoms with Crippen molar-refractivity contribution in [3.63, 3.8) is 0 Å². The van der Waals surface area contributed by atoms with E-state index in [0.29, 0.717) is 12.5 Å². The van der Waals surface area contributed by atoms with Crippen molar-refractivity contribution in [3.8, 4) is 0 Å². The van der Waals surface area contributed by atoms with Crippen LogP contribution in [0.1, 0.15) is 51.4 Å². The van der Waals surface area contributed by atoms with Crippen LogP contribution in [0, 0.1) is 5.92 Å². The number of hydrogen-bond donors (Lipinski definition) is 2. The van der Waals surface area contributed by atoms with Crippen LogP contribution in [0.4, 0.5) is 0 Å². The van der Waals surface area contributed by atoms with Crippen LogP contribution in [0.25, 0.3) is 0 Å². The van der Waals surface area contributed by atoms with E-state index in [9.17, 15) is 8.42 Å². The van der Waals surface area contributed by atoms with E-state index >= 15 is 0 Å². The zero-order chi connectivity index (χ0) is 14.4. The Morgan fingerprint density at radius 2 is 1.75 bits per heavy atom. The summed E-state index contributed by atoms with van der Waals surface area (Å²) in [7, 11) is -1.57. The molecule has 0 spiro atoms. The van der Waals surface area contributed by atoms with Crippen molar-refractivity contribution >= 4 is 10.2 Å². The molecule has 2 N–H and O–H groups in total. The van der Waals surface area contributed by atoms with Gasteiger partial charge < -0.3 is 5.32 Å². The molecule has 0 aromatic carbocycles. The first kappa shape index (κ1) is 16.2. The molecule has 2 rings (SSSR count). The Balaban J connectivity index is 1.74. The molecule has 1 aliphatic carbocycles. The molecule has 0 atom stereocenters. The Bertz CT molecular complexity index is 374. The molecule has 0 amide bonds. The summed E-state index contributed by atoms with van der Waals surface area (Å²) in [4.78, 5) is 0. The molecule has 0 radical (unpaired) electrons. The van der Waals surface area contributed by atoms with Gasteiger partial charge in [0, 0.05) is 19.6 Å². The van der Waals surface area contributed by atoms with Gasteiger partial charge in [-0.05, 0) is 51.1 Å². The fraction of sp³-hybridized carbons (Fsp3) is 1.00. The van der Waals surface area contributed by atoms with E-state index in [1.807, 2.05) is 0 Å². The lowest BCUT2D eigenvalue weighted by Crippen LogP contribution is -2.45. The highest BCUT2D eigenvalue weighted by Crippen LogP contribution is 2.23. The molecule has 0 aromatic rings. The molecule has 2 fully saturated rings. The van der Waals surface area contributed by atoms with E-state index in [1.54, 1.807) is 11.4 Å². The van der Waals surface area contributed by atoms with Gasteiger partial charge in [-0.15, -0.1) is 0 Å². The second-order valence-electron chi connectivity index (χ2n) is 6.19. The Morgan fingerprint density at radius 3 is 2.40 bits per heavy atom. The topological polar surface area (TPSA) is 61.4 Å². The van der Waals surface area contributed by atoms with E-state index < -0.39 is 10.2 Å². The fourth-order valence-corrected chi connectivity index (χ4v) is 4.49. The van der Waals surface area contributed by atoms with E-state index in [4.69, 9.17) is 0 Å². The molecular formula is C14H29N3O2S. The largest absolute Gasteiger partial charge is 0.317 e. The van der Waals surface area contributed by atoms with Crippen molar-refractivity contribution in [3.05, 3.63) is 0 Å². The number of nitrogens with zero attached hydrogens (tertiary/aromatic N) is 1. The predicted molar refractivity (Wildman–Crippen MR) is 81.8 cm³/mol. The molecule has 118 valence electrons. The Hall–Kier alpha value is -0.170. The number of rotatable bonds is 6. The van der Waals surface area contributed by atoms with Crippen molar-refractivity contribution in [2.75, 3.05) is 26.7 Å². The van der Waals surface area contributed by atoms with Crippen LogP contribution in [-0.4, -0.2) is 45.4 Å². The summed E-state index contributed by atoms with van der Waals surface area (Å²) in [5.41, 5.74) is 0. The Morgan fingerprint density at radius 1 is 1.10 bits per heavy atom. The first-order valence-electron chi connectivity index (χ1n) is 8.03. The average molecular weight is 303 g/mol. The van der Waals surface area contributed by atoms with Crippen molar-refractivity contribution in [1.29, 1.82) is 0 Å². The summed E-state index contributed by atoms with van der Waals surface area (Å²) in [6.07, 6.45) is 8.85. The minimum atomic E-state index is -3.29. The normalized spacial score (nSPS) is 23.3. The first-order chi connectivity index (χ1) is 9.59. The third-order valence-electron chi connectivity index (χ3n) is 4.76. The van der Waals surface area contributed by atoms with Gasteiger partial charge in [-0.25, -0.2) is 4.72 Å². The second-order valence-corrected chi connectivity index (χ2v) is 8.00. The van der Waals surface area contributed by atoms with Gasteiger partial charge in [0.2, 0.25) is 0 Å². The standard InChI is InChI=1S/C14H29N3O2S/c1-17(14-5-3-2-4-6-14)20(18,19)16-12-9-13-7-10-15-11-8-13/h13-16H,2-12H2,1H3. The molecule has 1 heterocycles. The van der Waals surface area contributed by atoms with E-state index in [2.05, 4.69) is 10.0 Å². The molecule has 6 heteroatoms. The van der Waals surface area contributed by atoms with Crippen molar-refractivity contribution in [2.45, 2.75) is 57.4 Å². The zero-order valence-electron chi connectivity index (χ0n) is 12.6. The number of piperidine rings is 1. The summed E-state index contributed by atoms with van der Waals surface area (Å²) in [6.45, 7) is 2.71. The first-order valence-corrected chi connectivity index (χ1v) is 9.47. The van der Waals surface area contributed by atoms with Crippen molar-refractivity contribution < 1.29 is 8.42 Å². The molecule has 0 unspecified atom stereocenters. The molecule has 1 aliphatic heterocycles. The lowest BCUT2D eigenvalue weighted by molar-refractivity contribution is 0.282. The third-order valence-corrected chi connectivity index (χ3v) is 6.39. The van der Waals surface area contributed by atoms with Crippen LogP contribution in [-0.2, 0) is 10.2 Å². The van der Waals surface area contributed by atoms with Crippen LogP contribution >= 0.6 is 0 Å². The smallest absolute Gasteiger partial charge is 0.279 e. The minimum Gasteiger partial charge on any atom is -0.317 e. The van der Waals surface area contributed by atoms with Gasteiger partial charge in [-0.2, -0.15) is 12.7 Å². The second kappa shape index (κ2) is 7.73. The summed E-state index contributed by atoms with van der Waals surface area (Å²) >= 11 is 0.